The lowest BCUT2D eigenvalue weighted by Crippen LogP contribution is -2.31. The van der Waals surface area contributed by atoms with E-state index in [0.29, 0.717) is 102 Å². The second-order valence-electron chi connectivity index (χ2n) is 24.0. The normalized spacial score (nSPS) is 13.8. The highest BCUT2D eigenvalue weighted by Crippen LogP contribution is 2.42. The van der Waals surface area contributed by atoms with Gasteiger partial charge >= 0.3 is 0 Å². The number of imide groups is 3. The minimum Gasteiger partial charge on any atom is -0.457 e. The Labute approximate surface area is 523 Å². The number of carbonyl (C=O) groups excluding carboxylic acids is 6. The zero-order chi connectivity index (χ0) is 63.2. The van der Waals surface area contributed by atoms with Gasteiger partial charge in [0, 0.05) is 17.6 Å². The Bertz CT molecular complexity index is 4120. The first-order valence-electron chi connectivity index (χ1n) is 31.6. The highest BCUT2D eigenvalue weighted by Gasteiger charge is 2.41. The van der Waals surface area contributed by atoms with Crippen molar-refractivity contribution >= 4 is 52.5 Å². The molecule has 0 spiro atoms. The van der Waals surface area contributed by atoms with Crippen LogP contribution in [0, 0.1) is 6.92 Å². The van der Waals surface area contributed by atoms with E-state index in [9.17, 15) is 28.8 Å². The summed E-state index contributed by atoms with van der Waals surface area (Å²) in [5.74, 6) is -0.0895. The lowest BCUT2D eigenvalue weighted by Gasteiger charge is -2.26. The van der Waals surface area contributed by atoms with Crippen LogP contribution in [0.4, 0.5) is 17.1 Å². The van der Waals surface area contributed by atoms with Gasteiger partial charge in [0.25, 0.3) is 35.4 Å². The summed E-state index contributed by atoms with van der Waals surface area (Å²) in [6.07, 6.45) is 9.76. The van der Waals surface area contributed by atoms with E-state index < -0.39 is 11.3 Å². The molecule has 0 unspecified atom stereocenters. The van der Waals surface area contributed by atoms with Crippen LogP contribution in [0.2, 0.25) is 0 Å². The standard InChI is InChI=1S/C78H77N3O8/c1-12-51-36-47(37-52(13-2)46(51)9)34-48-40-55(16-5)72(56(17-6)41-48)80-74(84)65-30-28-63(44-67(65)76(80)86)88-61-24-20-59(21-25-61)78(10,11)60-22-26-62(27-23-60)89-64-29-31-66-68(45-64)77(87)81(75(66)85)73-57(18-7)42-50(43-58(73)19-8)35-49-38-53(14-3)71(54(15-4)39-49)79-69(82)32-33-70(79)83/h20-33,36-45H,12-19,34-35H2,1-11H3. The van der Waals surface area contributed by atoms with Gasteiger partial charge in [-0.1, -0.05) is 142 Å². The van der Waals surface area contributed by atoms with Crippen LogP contribution in [0.15, 0.2) is 146 Å². The Kier molecular flexibility index (Phi) is 17.2. The van der Waals surface area contributed by atoms with Gasteiger partial charge in [-0.25, -0.2) is 14.7 Å². The monoisotopic (exact) mass is 1180 g/mol. The summed E-state index contributed by atoms with van der Waals surface area (Å²) in [4.78, 5) is 86.7. The maximum Gasteiger partial charge on any atom is 0.266 e. The zero-order valence-corrected chi connectivity index (χ0v) is 53.0. The van der Waals surface area contributed by atoms with Crippen LogP contribution >= 0.6 is 0 Å². The summed E-state index contributed by atoms with van der Waals surface area (Å²) < 4.78 is 12.7. The molecule has 8 aromatic carbocycles. The number of hydrogen-bond donors (Lipinski definition) is 0. The summed E-state index contributed by atoms with van der Waals surface area (Å²) in [6, 6.07) is 43.2. The first kappa shape index (κ1) is 61.2. The van der Waals surface area contributed by atoms with Crippen molar-refractivity contribution in [3.8, 4) is 23.0 Å². The minimum absolute atomic E-state index is 0.278. The molecule has 6 amide bonds. The van der Waals surface area contributed by atoms with Crippen molar-refractivity contribution < 1.29 is 38.2 Å². The Morgan fingerprint density at radius 2 is 0.596 bits per heavy atom. The topological polar surface area (TPSA) is 131 Å². The van der Waals surface area contributed by atoms with E-state index in [1.807, 2.05) is 76.2 Å². The molecule has 89 heavy (non-hydrogen) atoms. The molecule has 452 valence electrons. The predicted octanol–water partition coefficient (Wildman–Crippen LogP) is 16.6. The number of aryl methyl sites for hydroxylation is 8. The van der Waals surface area contributed by atoms with Gasteiger partial charge in [-0.15, -0.1) is 0 Å². The van der Waals surface area contributed by atoms with Crippen LogP contribution in [0.1, 0.15) is 194 Å². The predicted molar refractivity (Wildman–Crippen MR) is 353 cm³/mol. The van der Waals surface area contributed by atoms with E-state index in [-0.39, 0.29) is 35.1 Å². The van der Waals surface area contributed by atoms with Crippen molar-refractivity contribution in [2.75, 3.05) is 14.7 Å². The van der Waals surface area contributed by atoms with Gasteiger partial charge in [0.1, 0.15) is 23.0 Å². The lowest BCUT2D eigenvalue weighted by atomic mass is 9.78. The van der Waals surface area contributed by atoms with E-state index in [0.717, 1.165) is 74.9 Å². The van der Waals surface area contributed by atoms with Gasteiger partial charge in [0.15, 0.2) is 0 Å². The molecule has 0 aromatic heterocycles. The molecule has 11 rings (SSSR count). The van der Waals surface area contributed by atoms with E-state index in [1.165, 1.54) is 54.7 Å². The third kappa shape index (κ3) is 11.3. The molecule has 0 bridgehead atoms. The van der Waals surface area contributed by atoms with E-state index in [4.69, 9.17) is 9.47 Å². The molecule has 3 aliphatic heterocycles. The van der Waals surface area contributed by atoms with Crippen molar-refractivity contribution in [1.29, 1.82) is 0 Å². The molecule has 0 saturated heterocycles. The van der Waals surface area contributed by atoms with Crippen molar-refractivity contribution in [3.63, 3.8) is 0 Å². The van der Waals surface area contributed by atoms with Crippen LogP contribution in [-0.4, -0.2) is 35.4 Å². The SMILES string of the molecule is CCc1cc(Cc2cc(CC)c(N3C(=O)c4ccc(Oc5ccc(C(C)(C)c6ccc(Oc7ccc8c(c7)C(=O)N(c7c(CC)cc(Cc9cc(CC)c(N%10C(=O)C=CC%10=O)c(CC)c9)cc7CC)C8=O)cc6)cc5)cc4C3=O)c(CC)c2)cc(CC)c1C. The van der Waals surface area contributed by atoms with Gasteiger partial charge in [-0.3, -0.25) is 28.8 Å². The summed E-state index contributed by atoms with van der Waals surface area (Å²) in [7, 11) is 0. The minimum atomic E-state index is -0.429. The summed E-state index contributed by atoms with van der Waals surface area (Å²) >= 11 is 0. The van der Waals surface area contributed by atoms with Gasteiger partial charge in [0.05, 0.1) is 39.3 Å². The van der Waals surface area contributed by atoms with Gasteiger partial charge < -0.3 is 9.47 Å². The number of amides is 6. The third-order valence-corrected chi connectivity index (χ3v) is 18.3. The van der Waals surface area contributed by atoms with E-state index in [2.05, 4.69) is 97.0 Å². The number of ether oxygens (including phenoxy) is 2. The fourth-order valence-corrected chi connectivity index (χ4v) is 13.4. The van der Waals surface area contributed by atoms with Crippen LogP contribution < -0.4 is 24.2 Å². The molecule has 0 aliphatic carbocycles. The fourth-order valence-electron chi connectivity index (χ4n) is 13.4. The molecule has 11 nitrogen and oxygen atoms in total. The smallest absolute Gasteiger partial charge is 0.266 e. The summed E-state index contributed by atoms with van der Waals surface area (Å²) in [5, 5.41) is 0. The van der Waals surface area contributed by atoms with Gasteiger partial charge in [-0.05, 0) is 215 Å². The molecule has 3 heterocycles. The molecule has 0 atom stereocenters. The highest BCUT2D eigenvalue weighted by atomic mass is 16.5. The van der Waals surface area contributed by atoms with E-state index in [1.54, 1.807) is 36.4 Å². The average molecular weight is 1180 g/mol. The molecule has 0 saturated carbocycles. The molecule has 0 N–H and O–H groups in total. The van der Waals surface area contributed by atoms with Crippen LogP contribution in [0.3, 0.4) is 0 Å². The zero-order valence-electron chi connectivity index (χ0n) is 53.0. The fraction of sp³-hybridized carbons (Fsp3) is 0.282. The Morgan fingerprint density at radius 3 is 0.899 bits per heavy atom. The first-order chi connectivity index (χ1) is 42.9. The number of hydrogen-bond acceptors (Lipinski definition) is 8. The second kappa shape index (κ2) is 25.0. The van der Waals surface area contributed by atoms with Crippen molar-refractivity contribution in [1.82, 2.24) is 0 Å². The van der Waals surface area contributed by atoms with Crippen LogP contribution in [0.5, 0.6) is 23.0 Å². The first-order valence-corrected chi connectivity index (χ1v) is 31.6. The molecular weight excluding hydrogens is 1110 g/mol. The molecule has 0 fully saturated rings. The molecule has 3 aliphatic rings. The maximum absolute atomic E-state index is 14.4. The number of carbonyl (C=O) groups is 6. The summed E-state index contributed by atoms with van der Waals surface area (Å²) in [6.45, 7) is 23.2. The highest BCUT2D eigenvalue weighted by molar-refractivity contribution is 6.36. The largest absolute Gasteiger partial charge is 0.457 e. The van der Waals surface area contributed by atoms with Crippen LogP contribution in [0.25, 0.3) is 0 Å². The Morgan fingerprint density at radius 1 is 0.326 bits per heavy atom. The van der Waals surface area contributed by atoms with Crippen molar-refractivity contribution in [2.24, 2.45) is 0 Å². The number of nitrogens with zero attached hydrogens (tertiary/aromatic N) is 3. The van der Waals surface area contributed by atoms with Gasteiger partial charge in [0.2, 0.25) is 0 Å². The molecular formula is C78H77N3O8. The van der Waals surface area contributed by atoms with E-state index >= 15 is 0 Å². The number of rotatable bonds is 21. The Balaban J connectivity index is 0.749. The molecule has 8 aromatic rings. The Hall–Kier alpha value is -9.48. The lowest BCUT2D eigenvalue weighted by molar-refractivity contribution is -0.120. The van der Waals surface area contributed by atoms with Crippen molar-refractivity contribution in [2.45, 2.75) is 146 Å². The second-order valence-corrected chi connectivity index (χ2v) is 24.0. The third-order valence-electron chi connectivity index (χ3n) is 18.3. The molecule has 11 heteroatoms. The molecule has 0 radical (unpaired) electrons. The van der Waals surface area contributed by atoms with Crippen molar-refractivity contribution in [3.05, 3.63) is 251 Å². The quantitative estimate of drug-likeness (QED) is 0.0650. The number of anilines is 3. The van der Waals surface area contributed by atoms with Crippen LogP contribution in [-0.2, 0) is 79.2 Å². The maximum atomic E-state index is 14.4. The average Bonchev–Trinajstić information content (AvgIpc) is 2.35. The summed E-state index contributed by atoms with van der Waals surface area (Å²) in [5.41, 5.74) is 19.1. The number of benzene rings is 8. The van der Waals surface area contributed by atoms with Gasteiger partial charge in [-0.2, -0.15) is 0 Å². The number of fused-ring (bicyclic) bond motifs is 2.